The summed E-state index contributed by atoms with van der Waals surface area (Å²) in [5.41, 5.74) is 2.07. The molecule has 0 aliphatic rings. The molecule has 98 valence electrons. The van der Waals surface area contributed by atoms with Crippen LogP contribution in [0.4, 0.5) is 0 Å². The Labute approximate surface area is 107 Å². The SMILES string of the molecule is COCCNCc1cn(Cc2ccn(C)n2)cn1. The largest absolute Gasteiger partial charge is 0.383 e. The molecule has 6 heteroatoms. The first-order chi connectivity index (χ1) is 8.78. The van der Waals surface area contributed by atoms with Crippen LogP contribution in [-0.4, -0.2) is 39.6 Å². The van der Waals surface area contributed by atoms with Gasteiger partial charge in [-0.05, 0) is 6.07 Å². The van der Waals surface area contributed by atoms with Crippen molar-refractivity contribution >= 4 is 0 Å². The van der Waals surface area contributed by atoms with Crippen molar-refractivity contribution in [1.29, 1.82) is 0 Å². The molecule has 2 rings (SSSR count). The number of aromatic nitrogens is 4. The third-order valence-electron chi connectivity index (χ3n) is 2.59. The van der Waals surface area contributed by atoms with E-state index in [0.717, 1.165) is 31.0 Å². The van der Waals surface area contributed by atoms with Gasteiger partial charge in [0.05, 0.1) is 30.9 Å². The molecule has 2 aromatic heterocycles. The zero-order valence-electron chi connectivity index (χ0n) is 10.8. The van der Waals surface area contributed by atoms with E-state index in [9.17, 15) is 0 Å². The van der Waals surface area contributed by atoms with Crippen LogP contribution in [0.15, 0.2) is 24.8 Å². The van der Waals surface area contributed by atoms with Crippen molar-refractivity contribution in [2.45, 2.75) is 13.1 Å². The van der Waals surface area contributed by atoms with E-state index in [-0.39, 0.29) is 0 Å². The first kappa shape index (κ1) is 12.8. The van der Waals surface area contributed by atoms with Crippen LogP contribution in [0.25, 0.3) is 0 Å². The number of nitrogens with zero attached hydrogens (tertiary/aromatic N) is 4. The predicted molar refractivity (Wildman–Crippen MR) is 68.1 cm³/mol. The van der Waals surface area contributed by atoms with Gasteiger partial charge in [-0.1, -0.05) is 0 Å². The van der Waals surface area contributed by atoms with Crippen LogP contribution in [0, 0.1) is 0 Å². The monoisotopic (exact) mass is 249 g/mol. The van der Waals surface area contributed by atoms with E-state index in [1.54, 1.807) is 11.8 Å². The number of rotatable bonds is 7. The fourth-order valence-electron chi connectivity index (χ4n) is 1.71. The van der Waals surface area contributed by atoms with Crippen molar-refractivity contribution in [3.63, 3.8) is 0 Å². The number of aryl methyl sites for hydroxylation is 1. The molecule has 0 saturated carbocycles. The van der Waals surface area contributed by atoms with E-state index in [1.165, 1.54) is 0 Å². The van der Waals surface area contributed by atoms with E-state index in [4.69, 9.17) is 4.74 Å². The second kappa shape index (κ2) is 6.32. The van der Waals surface area contributed by atoms with Gasteiger partial charge in [0.2, 0.25) is 0 Å². The summed E-state index contributed by atoms with van der Waals surface area (Å²) >= 11 is 0. The van der Waals surface area contributed by atoms with Crippen molar-refractivity contribution in [3.05, 3.63) is 36.2 Å². The fourth-order valence-corrected chi connectivity index (χ4v) is 1.71. The Kier molecular flexibility index (Phi) is 4.49. The summed E-state index contributed by atoms with van der Waals surface area (Å²) in [6.45, 7) is 3.07. The van der Waals surface area contributed by atoms with Crippen molar-refractivity contribution in [3.8, 4) is 0 Å². The zero-order valence-corrected chi connectivity index (χ0v) is 10.8. The van der Waals surface area contributed by atoms with Crippen LogP contribution in [0.3, 0.4) is 0 Å². The summed E-state index contributed by atoms with van der Waals surface area (Å²) in [5, 5.41) is 7.60. The number of hydrogen-bond donors (Lipinski definition) is 1. The van der Waals surface area contributed by atoms with Crippen molar-refractivity contribution in [2.24, 2.45) is 7.05 Å². The summed E-state index contributed by atoms with van der Waals surface area (Å²) < 4.78 is 8.81. The lowest BCUT2D eigenvalue weighted by Crippen LogP contribution is -2.18. The molecule has 0 spiro atoms. The van der Waals surface area contributed by atoms with Gasteiger partial charge in [-0.3, -0.25) is 4.68 Å². The molecule has 2 heterocycles. The van der Waals surface area contributed by atoms with E-state index >= 15 is 0 Å². The molecular formula is C12H19N5O. The molecule has 0 bridgehead atoms. The zero-order chi connectivity index (χ0) is 12.8. The average Bonchev–Trinajstić information content (AvgIpc) is 2.95. The van der Waals surface area contributed by atoms with Gasteiger partial charge in [-0.25, -0.2) is 4.98 Å². The van der Waals surface area contributed by atoms with Gasteiger partial charge in [0, 0.05) is 39.6 Å². The molecule has 0 aromatic carbocycles. The molecule has 0 fully saturated rings. The Balaban J connectivity index is 1.82. The summed E-state index contributed by atoms with van der Waals surface area (Å²) in [4.78, 5) is 4.34. The Morgan fingerprint density at radius 2 is 2.28 bits per heavy atom. The quantitative estimate of drug-likeness (QED) is 0.722. The third kappa shape index (κ3) is 3.68. The van der Waals surface area contributed by atoms with Gasteiger partial charge in [-0.15, -0.1) is 0 Å². The second-order valence-corrected chi connectivity index (χ2v) is 4.19. The highest BCUT2D eigenvalue weighted by atomic mass is 16.5. The summed E-state index contributed by atoms with van der Waals surface area (Å²) in [6, 6.07) is 2.01. The first-order valence-corrected chi connectivity index (χ1v) is 5.97. The van der Waals surface area contributed by atoms with E-state index in [1.807, 2.05) is 36.4 Å². The van der Waals surface area contributed by atoms with Crippen molar-refractivity contribution in [2.75, 3.05) is 20.3 Å². The van der Waals surface area contributed by atoms with Gasteiger partial charge in [0.1, 0.15) is 0 Å². The van der Waals surface area contributed by atoms with Gasteiger partial charge in [0.15, 0.2) is 0 Å². The van der Waals surface area contributed by atoms with E-state index in [2.05, 4.69) is 15.4 Å². The Morgan fingerprint density at radius 3 is 3.00 bits per heavy atom. The van der Waals surface area contributed by atoms with Gasteiger partial charge in [0.25, 0.3) is 0 Å². The lowest BCUT2D eigenvalue weighted by atomic mass is 10.4. The molecule has 1 N–H and O–H groups in total. The van der Waals surface area contributed by atoms with Crippen LogP contribution in [-0.2, 0) is 24.9 Å². The van der Waals surface area contributed by atoms with Crippen LogP contribution in [0.1, 0.15) is 11.4 Å². The summed E-state index contributed by atoms with van der Waals surface area (Å²) in [7, 11) is 3.62. The molecule has 18 heavy (non-hydrogen) atoms. The van der Waals surface area contributed by atoms with Crippen molar-refractivity contribution in [1.82, 2.24) is 24.6 Å². The third-order valence-corrected chi connectivity index (χ3v) is 2.59. The molecule has 0 amide bonds. The highest BCUT2D eigenvalue weighted by Crippen LogP contribution is 2.01. The van der Waals surface area contributed by atoms with Crippen LogP contribution in [0.2, 0.25) is 0 Å². The standard InChI is InChI=1S/C12H19N5O/c1-16-5-3-11(15-16)8-17-9-12(14-10-17)7-13-4-6-18-2/h3,5,9-10,13H,4,6-8H2,1-2H3. The Morgan fingerprint density at radius 1 is 1.39 bits per heavy atom. The topological polar surface area (TPSA) is 56.9 Å². The smallest absolute Gasteiger partial charge is 0.0953 e. The number of nitrogens with one attached hydrogen (secondary N) is 1. The highest BCUT2D eigenvalue weighted by molar-refractivity contribution is 5.03. The maximum Gasteiger partial charge on any atom is 0.0953 e. The van der Waals surface area contributed by atoms with Crippen LogP contribution in [0.5, 0.6) is 0 Å². The maximum absolute atomic E-state index is 4.97. The molecule has 0 radical (unpaired) electrons. The summed E-state index contributed by atoms with van der Waals surface area (Å²) in [6.07, 6.45) is 5.82. The van der Waals surface area contributed by atoms with Crippen LogP contribution >= 0.6 is 0 Å². The molecule has 2 aromatic rings. The molecule has 6 nitrogen and oxygen atoms in total. The molecule has 0 saturated heterocycles. The van der Waals surface area contributed by atoms with Gasteiger partial charge >= 0.3 is 0 Å². The molecule has 0 unspecified atom stereocenters. The maximum atomic E-state index is 4.97. The number of imidazole rings is 1. The molecule has 0 aliphatic heterocycles. The van der Waals surface area contributed by atoms with E-state index < -0.39 is 0 Å². The lowest BCUT2D eigenvalue weighted by Gasteiger charge is -2.00. The normalized spacial score (nSPS) is 11.0. The fraction of sp³-hybridized carbons (Fsp3) is 0.500. The number of methoxy groups -OCH3 is 1. The Hall–Kier alpha value is -1.66. The minimum atomic E-state index is 0.717. The Bertz CT molecular complexity index is 476. The van der Waals surface area contributed by atoms with Gasteiger partial charge in [-0.2, -0.15) is 5.10 Å². The molecule has 0 atom stereocenters. The molecule has 0 aliphatic carbocycles. The lowest BCUT2D eigenvalue weighted by molar-refractivity contribution is 0.199. The average molecular weight is 249 g/mol. The predicted octanol–water partition coefficient (Wildman–Crippen LogP) is 0.401. The van der Waals surface area contributed by atoms with E-state index in [0.29, 0.717) is 6.61 Å². The molecular weight excluding hydrogens is 230 g/mol. The second-order valence-electron chi connectivity index (χ2n) is 4.19. The minimum Gasteiger partial charge on any atom is -0.383 e. The summed E-state index contributed by atoms with van der Waals surface area (Å²) in [5.74, 6) is 0. The number of ether oxygens (including phenoxy) is 1. The van der Waals surface area contributed by atoms with Gasteiger partial charge < -0.3 is 14.6 Å². The minimum absolute atomic E-state index is 0.717. The van der Waals surface area contributed by atoms with Crippen molar-refractivity contribution < 1.29 is 4.74 Å². The highest BCUT2D eigenvalue weighted by Gasteiger charge is 2.01. The van der Waals surface area contributed by atoms with Crippen LogP contribution < -0.4 is 5.32 Å². The first-order valence-electron chi connectivity index (χ1n) is 5.97. The number of hydrogen-bond acceptors (Lipinski definition) is 4.